The van der Waals surface area contributed by atoms with Crippen LogP contribution in [0.4, 0.5) is 9.57 Å². The van der Waals surface area contributed by atoms with E-state index < -0.39 is 37.0 Å². The molecule has 0 aliphatic carbocycles. The molecule has 0 saturated carbocycles. The maximum Gasteiger partial charge on any atom is 0.332 e. The summed E-state index contributed by atoms with van der Waals surface area (Å²) in [5.41, 5.74) is -1.24. The number of phenols is 1. The first-order valence-corrected chi connectivity index (χ1v) is 5.05. The molecule has 1 aromatic rings. The molecule has 0 atom stereocenters. The lowest BCUT2D eigenvalue weighted by molar-refractivity contribution is -0.386. The van der Waals surface area contributed by atoms with E-state index in [4.69, 9.17) is 5.11 Å². The Morgan fingerprint density at radius 2 is 2.00 bits per heavy atom. The number of hydrogen-bond donors (Lipinski definition) is 1. The van der Waals surface area contributed by atoms with Crippen molar-refractivity contribution in [3.8, 4) is 5.75 Å². The van der Waals surface area contributed by atoms with Crippen molar-refractivity contribution in [2.24, 2.45) is 0 Å². The van der Waals surface area contributed by atoms with Crippen molar-refractivity contribution in [2.75, 3.05) is 0 Å². The number of aromatic hydroxyl groups is 1. The van der Waals surface area contributed by atoms with Gasteiger partial charge in [-0.15, -0.1) is 3.89 Å². The first kappa shape index (κ1) is 11.4. The van der Waals surface area contributed by atoms with Crippen LogP contribution in [0, 0.1) is 17.0 Å². The van der Waals surface area contributed by atoms with Gasteiger partial charge in [0.05, 0.1) is 10.5 Å². The van der Waals surface area contributed by atoms with Gasteiger partial charge >= 0.3 is 15.9 Å². The Labute approximate surface area is 84.3 Å². The number of phenolic OH excluding ortho intramolecular Hbond substituents is 1. The highest BCUT2D eigenvalue weighted by molar-refractivity contribution is 7.86. The van der Waals surface area contributed by atoms with E-state index in [1.807, 2.05) is 0 Å². The van der Waals surface area contributed by atoms with Crippen molar-refractivity contribution >= 4 is 15.9 Å². The Bertz CT molecular complexity index is 524. The average Bonchev–Trinajstić information content (AvgIpc) is 2.00. The number of rotatable bonds is 2. The van der Waals surface area contributed by atoms with Crippen LogP contribution in [0.1, 0.15) is 5.56 Å². The van der Waals surface area contributed by atoms with E-state index in [2.05, 4.69) is 0 Å². The number of benzene rings is 1. The lowest BCUT2D eigenvalue weighted by atomic mass is 10.2. The molecule has 0 heterocycles. The lowest BCUT2D eigenvalue weighted by Gasteiger charge is -2.03. The van der Waals surface area contributed by atoms with Crippen molar-refractivity contribution in [3.63, 3.8) is 0 Å². The molecule has 1 aromatic carbocycles. The summed E-state index contributed by atoms with van der Waals surface area (Å²) in [6, 6.07) is 1.53. The smallest absolute Gasteiger partial charge is 0.332 e. The largest absolute Gasteiger partial charge is 0.502 e. The predicted octanol–water partition coefficient (Wildman–Crippen LogP) is 1.27. The Kier molecular flexibility index (Phi) is 2.63. The van der Waals surface area contributed by atoms with E-state index in [-0.39, 0.29) is 0 Å². The molecular weight excluding hydrogens is 229 g/mol. The number of nitro benzene ring substituents is 1. The molecule has 0 fully saturated rings. The van der Waals surface area contributed by atoms with Crippen LogP contribution < -0.4 is 0 Å². The van der Waals surface area contributed by atoms with E-state index in [0.29, 0.717) is 0 Å². The van der Waals surface area contributed by atoms with Crippen LogP contribution in [0.15, 0.2) is 17.0 Å². The number of nitro groups is 1. The summed E-state index contributed by atoms with van der Waals surface area (Å²) < 4.78 is 33.8. The van der Waals surface area contributed by atoms with Gasteiger partial charge in [-0.3, -0.25) is 10.1 Å². The predicted molar refractivity (Wildman–Crippen MR) is 47.8 cm³/mol. The van der Waals surface area contributed by atoms with E-state index in [9.17, 15) is 22.4 Å². The Hall–Kier alpha value is -1.70. The number of halogens is 1. The first-order valence-electron chi connectivity index (χ1n) is 3.66. The molecule has 15 heavy (non-hydrogen) atoms. The summed E-state index contributed by atoms with van der Waals surface area (Å²) in [4.78, 5) is 8.66. The fraction of sp³-hybridized carbons (Fsp3) is 0.143. The highest BCUT2D eigenvalue weighted by atomic mass is 32.3. The fourth-order valence-corrected chi connectivity index (χ4v) is 1.85. The second-order valence-electron chi connectivity index (χ2n) is 2.75. The summed E-state index contributed by atoms with van der Waals surface area (Å²) in [6.07, 6.45) is 0. The standard InChI is InChI=1S/C7H6FNO5S/c1-4-6(15(8,13)14)3-2-5(10)7(4)9(11)12/h2-3,10H,1H3. The van der Waals surface area contributed by atoms with Crippen molar-refractivity contribution in [1.29, 1.82) is 0 Å². The van der Waals surface area contributed by atoms with Crippen LogP contribution in [-0.2, 0) is 10.2 Å². The van der Waals surface area contributed by atoms with Crippen molar-refractivity contribution in [1.82, 2.24) is 0 Å². The third kappa shape index (κ3) is 2.04. The van der Waals surface area contributed by atoms with Crippen LogP contribution in [0.2, 0.25) is 0 Å². The lowest BCUT2D eigenvalue weighted by Crippen LogP contribution is -2.00. The molecule has 0 saturated heterocycles. The molecule has 1 N–H and O–H groups in total. The van der Waals surface area contributed by atoms with Gasteiger partial charge in [0.25, 0.3) is 0 Å². The molecule has 0 aliphatic rings. The number of hydrogen-bond acceptors (Lipinski definition) is 5. The van der Waals surface area contributed by atoms with E-state index in [1.54, 1.807) is 0 Å². The molecule has 6 nitrogen and oxygen atoms in total. The van der Waals surface area contributed by atoms with Crippen LogP contribution in [0.3, 0.4) is 0 Å². The Balaban J connectivity index is 3.64. The Morgan fingerprint density at radius 1 is 1.47 bits per heavy atom. The maximum atomic E-state index is 12.6. The van der Waals surface area contributed by atoms with Crippen LogP contribution >= 0.6 is 0 Å². The molecule has 0 unspecified atom stereocenters. The third-order valence-electron chi connectivity index (χ3n) is 1.81. The SMILES string of the molecule is Cc1c(S(=O)(=O)F)ccc(O)c1[N+](=O)[O-]. The molecule has 0 amide bonds. The van der Waals surface area contributed by atoms with E-state index >= 15 is 0 Å². The van der Waals surface area contributed by atoms with Gasteiger partial charge in [-0.25, -0.2) is 0 Å². The van der Waals surface area contributed by atoms with E-state index in [1.165, 1.54) is 0 Å². The van der Waals surface area contributed by atoms with Crippen LogP contribution in [0.5, 0.6) is 5.75 Å². The van der Waals surface area contributed by atoms with Gasteiger partial charge in [-0.1, -0.05) is 0 Å². The molecule has 8 heteroatoms. The monoisotopic (exact) mass is 235 g/mol. The molecule has 1 rings (SSSR count). The summed E-state index contributed by atoms with van der Waals surface area (Å²) in [5.74, 6) is -0.704. The second-order valence-corrected chi connectivity index (χ2v) is 4.07. The summed E-state index contributed by atoms with van der Waals surface area (Å²) in [5, 5.41) is 19.5. The number of nitrogens with zero attached hydrogens (tertiary/aromatic N) is 1. The Morgan fingerprint density at radius 3 is 2.40 bits per heavy atom. The molecule has 82 valence electrons. The summed E-state index contributed by atoms with van der Waals surface area (Å²) in [6.45, 7) is 1.05. The molecule has 0 spiro atoms. The zero-order chi connectivity index (χ0) is 11.8. The molecular formula is C7H6FNO5S. The summed E-state index contributed by atoms with van der Waals surface area (Å²) >= 11 is 0. The fourth-order valence-electron chi connectivity index (χ4n) is 1.16. The van der Waals surface area contributed by atoms with Crippen LogP contribution in [0.25, 0.3) is 0 Å². The van der Waals surface area contributed by atoms with Gasteiger partial charge in [0, 0.05) is 0 Å². The molecule has 0 aliphatic heterocycles. The van der Waals surface area contributed by atoms with Crippen LogP contribution in [-0.4, -0.2) is 18.4 Å². The highest BCUT2D eigenvalue weighted by Gasteiger charge is 2.25. The van der Waals surface area contributed by atoms with Gasteiger partial charge in [-0.2, -0.15) is 8.42 Å². The zero-order valence-corrected chi connectivity index (χ0v) is 8.28. The molecule has 0 radical (unpaired) electrons. The highest BCUT2D eigenvalue weighted by Crippen LogP contribution is 2.34. The quantitative estimate of drug-likeness (QED) is 0.472. The van der Waals surface area contributed by atoms with Gasteiger partial charge in [0.15, 0.2) is 5.75 Å². The second kappa shape index (κ2) is 3.46. The van der Waals surface area contributed by atoms with Gasteiger partial charge in [0.1, 0.15) is 4.90 Å². The minimum absolute atomic E-state index is 0.428. The zero-order valence-electron chi connectivity index (χ0n) is 7.47. The normalized spacial score (nSPS) is 11.3. The van der Waals surface area contributed by atoms with E-state index in [0.717, 1.165) is 19.1 Å². The maximum absolute atomic E-state index is 12.6. The topological polar surface area (TPSA) is 97.5 Å². The third-order valence-corrected chi connectivity index (χ3v) is 2.77. The first-order chi connectivity index (χ1) is 6.75. The minimum atomic E-state index is -5.02. The van der Waals surface area contributed by atoms with Crippen molar-refractivity contribution in [3.05, 3.63) is 27.8 Å². The van der Waals surface area contributed by atoms with Gasteiger partial charge < -0.3 is 5.11 Å². The summed E-state index contributed by atoms with van der Waals surface area (Å²) in [7, 11) is -5.02. The molecule has 0 bridgehead atoms. The van der Waals surface area contributed by atoms with Crippen molar-refractivity contribution < 1.29 is 22.3 Å². The molecule has 0 aromatic heterocycles. The average molecular weight is 235 g/mol. The van der Waals surface area contributed by atoms with Gasteiger partial charge in [-0.05, 0) is 19.1 Å². The van der Waals surface area contributed by atoms with Gasteiger partial charge in [0.2, 0.25) is 0 Å². The minimum Gasteiger partial charge on any atom is -0.502 e. The van der Waals surface area contributed by atoms with Crippen molar-refractivity contribution in [2.45, 2.75) is 11.8 Å².